The second kappa shape index (κ2) is 11.9. The van der Waals surface area contributed by atoms with E-state index in [1.165, 1.54) is 18.2 Å². The Bertz CT molecular complexity index is 1970. The Balaban J connectivity index is 1.31. The first-order chi connectivity index (χ1) is 21.7. The third-order valence-corrected chi connectivity index (χ3v) is 9.34. The van der Waals surface area contributed by atoms with Crippen LogP contribution in [0, 0.1) is 18.2 Å². The molecular weight excluding hydrogens is 648 g/mol. The van der Waals surface area contributed by atoms with Crippen molar-refractivity contribution in [1.82, 2.24) is 19.5 Å². The number of aromatic carboxylic acids is 1. The van der Waals surface area contributed by atoms with E-state index in [2.05, 4.69) is 28.4 Å². The molecule has 240 valence electrons. The normalized spacial score (nSPS) is 16.3. The number of carboxylic acid groups (broad SMARTS) is 1. The van der Waals surface area contributed by atoms with Crippen LogP contribution in [0.4, 0.5) is 17.6 Å². The minimum Gasteiger partial charge on any atom is -0.478 e. The fraction of sp³-hybridized carbons (Fsp3) is 0.312. The molecule has 0 bridgehead atoms. The summed E-state index contributed by atoms with van der Waals surface area (Å²) in [7, 11) is 0. The van der Waals surface area contributed by atoms with E-state index in [0.717, 1.165) is 11.1 Å². The van der Waals surface area contributed by atoms with Crippen molar-refractivity contribution in [1.29, 1.82) is 0 Å². The predicted molar refractivity (Wildman–Crippen MR) is 164 cm³/mol. The van der Waals surface area contributed by atoms with Crippen molar-refractivity contribution in [3.8, 4) is 17.1 Å². The van der Waals surface area contributed by atoms with Gasteiger partial charge in [-0.1, -0.05) is 31.5 Å². The van der Waals surface area contributed by atoms with Crippen molar-refractivity contribution >= 4 is 39.9 Å². The van der Waals surface area contributed by atoms with Crippen LogP contribution in [0.2, 0.25) is 5.02 Å². The molecule has 1 N–H and O–H groups in total. The first kappa shape index (κ1) is 31.9. The summed E-state index contributed by atoms with van der Waals surface area (Å²) in [5, 5.41) is 10.1. The first-order valence-corrected chi connectivity index (χ1v) is 15.3. The summed E-state index contributed by atoms with van der Waals surface area (Å²) in [5.41, 5.74) is 3.77. The van der Waals surface area contributed by atoms with E-state index in [4.69, 9.17) is 26.1 Å². The van der Waals surface area contributed by atoms with Gasteiger partial charge >= 0.3 is 12.1 Å². The molecule has 46 heavy (non-hydrogen) atoms. The van der Waals surface area contributed by atoms with Gasteiger partial charge in [-0.2, -0.15) is 13.2 Å². The fourth-order valence-corrected chi connectivity index (χ4v) is 6.49. The first-order valence-electron chi connectivity index (χ1n) is 14.1. The second-order valence-corrected chi connectivity index (χ2v) is 13.3. The van der Waals surface area contributed by atoms with Gasteiger partial charge in [0.1, 0.15) is 22.3 Å². The molecule has 0 saturated carbocycles. The summed E-state index contributed by atoms with van der Waals surface area (Å²) >= 11 is 7.23. The summed E-state index contributed by atoms with van der Waals surface area (Å²) in [5.74, 6) is -1.49. The van der Waals surface area contributed by atoms with Crippen LogP contribution in [0.3, 0.4) is 0 Å². The lowest BCUT2D eigenvalue weighted by Gasteiger charge is -2.28. The lowest BCUT2D eigenvalue weighted by atomic mass is 9.87. The van der Waals surface area contributed by atoms with Gasteiger partial charge in [-0.3, -0.25) is 0 Å². The van der Waals surface area contributed by atoms with Gasteiger partial charge in [0.25, 0.3) is 5.88 Å². The molecule has 6 rings (SSSR count). The number of benzene rings is 2. The lowest BCUT2D eigenvalue weighted by Crippen LogP contribution is -2.27. The molecule has 0 spiro atoms. The number of imidazole rings is 1. The zero-order chi connectivity index (χ0) is 33.0. The van der Waals surface area contributed by atoms with E-state index < -0.39 is 22.8 Å². The number of pyridine rings is 1. The van der Waals surface area contributed by atoms with E-state index in [9.17, 15) is 27.5 Å². The molecular formula is C32H27ClF4N4O4S. The van der Waals surface area contributed by atoms with E-state index in [0.29, 0.717) is 70.3 Å². The number of fused-ring (bicyclic) bond motifs is 1. The Morgan fingerprint density at radius 2 is 1.98 bits per heavy atom. The van der Waals surface area contributed by atoms with E-state index in [1.807, 2.05) is 13.0 Å². The van der Waals surface area contributed by atoms with Gasteiger partial charge in [-0.05, 0) is 54.4 Å². The van der Waals surface area contributed by atoms with Crippen molar-refractivity contribution in [2.24, 2.45) is 5.41 Å². The van der Waals surface area contributed by atoms with Gasteiger partial charge in [-0.15, -0.1) is 11.3 Å². The molecule has 8 nitrogen and oxygen atoms in total. The van der Waals surface area contributed by atoms with Crippen LogP contribution in [0.1, 0.15) is 57.1 Å². The van der Waals surface area contributed by atoms with Crippen LogP contribution in [-0.4, -0.2) is 43.8 Å². The molecule has 1 saturated heterocycles. The number of carboxylic acids is 1. The van der Waals surface area contributed by atoms with E-state index >= 15 is 0 Å². The highest BCUT2D eigenvalue weighted by Crippen LogP contribution is 2.41. The number of halogens is 5. The number of rotatable bonds is 8. The zero-order valence-electron chi connectivity index (χ0n) is 24.8. The molecule has 1 aliphatic heterocycles. The fourth-order valence-electron chi connectivity index (χ4n) is 5.56. The molecule has 1 fully saturated rings. The largest absolute Gasteiger partial charge is 0.478 e. The average Bonchev–Trinajstić information content (AvgIpc) is 3.70. The van der Waals surface area contributed by atoms with Gasteiger partial charge < -0.3 is 19.1 Å². The highest BCUT2D eigenvalue weighted by Gasteiger charge is 2.39. The zero-order valence-corrected chi connectivity index (χ0v) is 26.4. The average molecular weight is 675 g/mol. The Labute approximate surface area is 269 Å². The third kappa shape index (κ3) is 6.18. The summed E-state index contributed by atoms with van der Waals surface area (Å²) < 4.78 is 66.6. The Morgan fingerprint density at radius 1 is 1.20 bits per heavy atom. The van der Waals surface area contributed by atoms with Crippen molar-refractivity contribution in [2.45, 2.75) is 46.0 Å². The predicted octanol–water partition coefficient (Wildman–Crippen LogP) is 8.14. The summed E-state index contributed by atoms with van der Waals surface area (Å²) in [6, 6.07) is 11.0. The molecule has 2 aromatic carbocycles. The second-order valence-electron chi connectivity index (χ2n) is 11.7. The van der Waals surface area contributed by atoms with Crippen LogP contribution in [-0.2, 0) is 23.9 Å². The lowest BCUT2D eigenvalue weighted by molar-refractivity contribution is -0.134. The molecule has 0 amide bonds. The molecule has 14 heteroatoms. The number of nitrogens with zero attached hydrogens (tertiary/aromatic N) is 4. The van der Waals surface area contributed by atoms with E-state index in [1.54, 1.807) is 18.2 Å². The van der Waals surface area contributed by atoms with Gasteiger partial charge in [0, 0.05) is 22.4 Å². The van der Waals surface area contributed by atoms with Crippen molar-refractivity contribution in [2.75, 3.05) is 13.2 Å². The molecule has 1 unspecified atom stereocenters. The molecule has 1 atom stereocenters. The smallest absolute Gasteiger partial charge is 0.427 e. The van der Waals surface area contributed by atoms with Gasteiger partial charge in [-0.25, -0.2) is 24.1 Å². The number of carbonyl (C=O) groups is 1. The van der Waals surface area contributed by atoms with Crippen LogP contribution in [0.15, 0.2) is 48.7 Å². The maximum Gasteiger partial charge on any atom is 0.427 e. The van der Waals surface area contributed by atoms with Crippen molar-refractivity contribution in [3.05, 3.63) is 91.9 Å². The van der Waals surface area contributed by atoms with Crippen LogP contribution in [0.25, 0.3) is 22.3 Å². The minimum absolute atomic E-state index is 0.0280. The van der Waals surface area contributed by atoms with E-state index in [-0.39, 0.29) is 34.5 Å². The van der Waals surface area contributed by atoms with Crippen LogP contribution < -0.4 is 4.74 Å². The minimum atomic E-state index is -4.53. The number of alkyl halides is 3. The number of aromatic nitrogens is 4. The SMILES string of the molecule is Cc1cc(Cc2nc3ccc(C(=O)O)cc3n2C2COCC2(C)C)c(Cl)cc1-c1ccc(F)c(OCc2ncc(C(F)(F)F)s2)n1. The molecule has 0 radical (unpaired) electrons. The van der Waals surface area contributed by atoms with Gasteiger partial charge in [0.15, 0.2) is 5.82 Å². The molecule has 3 aromatic heterocycles. The maximum atomic E-state index is 14.6. The van der Waals surface area contributed by atoms with Crippen LogP contribution >= 0.6 is 22.9 Å². The molecule has 5 aromatic rings. The van der Waals surface area contributed by atoms with Crippen molar-refractivity contribution < 1.29 is 36.9 Å². The maximum absolute atomic E-state index is 14.6. The summed E-state index contributed by atoms with van der Waals surface area (Å²) in [4.78, 5) is 23.7. The highest BCUT2D eigenvalue weighted by molar-refractivity contribution is 7.11. The topological polar surface area (TPSA) is 99.4 Å². The number of thiazole rings is 1. The monoisotopic (exact) mass is 674 g/mol. The highest BCUT2D eigenvalue weighted by atomic mass is 35.5. The third-order valence-electron chi connectivity index (χ3n) is 7.97. The van der Waals surface area contributed by atoms with Crippen molar-refractivity contribution in [3.63, 3.8) is 0 Å². The Morgan fingerprint density at radius 3 is 2.65 bits per heavy atom. The summed E-state index contributed by atoms with van der Waals surface area (Å²) in [6.07, 6.45) is -3.48. The quantitative estimate of drug-likeness (QED) is 0.166. The molecule has 0 aliphatic carbocycles. The van der Waals surface area contributed by atoms with Crippen LogP contribution in [0.5, 0.6) is 5.88 Å². The number of ether oxygens (including phenoxy) is 2. The Hall–Kier alpha value is -4.07. The molecule has 4 heterocycles. The standard InChI is InChI=1S/C32H27ClF4N4O4S/c1-16-8-18(10-27-39-23-6-4-17(30(42)43)9-24(23)41(27)25-13-44-15-31(25,2)3)20(33)11-19(16)22-7-5-21(34)29(40-22)45-14-28-38-12-26(46-28)32(35,36)37/h4-9,11-12,25H,10,13-15H2,1-3H3,(H,42,43). The number of hydrogen-bond acceptors (Lipinski definition) is 7. The number of hydrogen-bond donors (Lipinski definition) is 1. The molecule has 1 aliphatic rings. The summed E-state index contributed by atoms with van der Waals surface area (Å²) in [6.45, 7) is 6.64. The number of aryl methyl sites for hydroxylation is 1. The van der Waals surface area contributed by atoms with Gasteiger partial charge in [0.05, 0.1) is 47.7 Å². The van der Waals surface area contributed by atoms with Gasteiger partial charge in [0.2, 0.25) is 0 Å². The Kier molecular flexibility index (Phi) is 8.28.